The average molecular weight is 361 g/mol. The van der Waals surface area contributed by atoms with Gasteiger partial charge < -0.3 is 10.6 Å². The first-order valence-corrected chi connectivity index (χ1v) is 9.02. The first kappa shape index (κ1) is 16.9. The van der Waals surface area contributed by atoms with Gasteiger partial charge in [0, 0.05) is 27.7 Å². The maximum Gasteiger partial charge on any atom is 0.251 e. The van der Waals surface area contributed by atoms with Crippen molar-refractivity contribution in [3.63, 3.8) is 0 Å². The molecule has 0 saturated carbocycles. The zero-order valence-corrected chi connectivity index (χ0v) is 14.7. The van der Waals surface area contributed by atoms with Crippen molar-refractivity contribution in [2.24, 2.45) is 0 Å². The first-order chi connectivity index (χ1) is 11.5. The highest BCUT2D eigenvalue weighted by Gasteiger charge is 2.17. The summed E-state index contributed by atoms with van der Waals surface area (Å²) in [5.74, 6) is 0.538. The van der Waals surface area contributed by atoms with Crippen LogP contribution in [0.3, 0.4) is 0 Å². The number of hydrogen-bond donors (Lipinski definition) is 2. The first-order valence-electron chi connectivity index (χ1n) is 7.66. The van der Waals surface area contributed by atoms with Crippen LogP contribution in [0.1, 0.15) is 35.3 Å². The fraction of sp³-hybridized carbons (Fsp3) is 0.222. The topological polar surface area (TPSA) is 58.2 Å². The monoisotopic (exact) mass is 360 g/mol. The molecule has 1 aliphatic rings. The van der Waals surface area contributed by atoms with Gasteiger partial charge in [0.05, 0.1) is 11.7 Å². The molecule has 0 radical (unpaired) electrons. The van der Waals surface area contributed by atoms with Crippen molar-refractivity contribution in [3.05, 3.63) is 58.6 Å². The van der Waals surface area contributed by atoms with E-state index in [0.29, 0.717) is 22.7 Å². The van der Waals surface area contributed by atoms with Crippen LogP contribution in [0.2, 0.25) is 5.02 Å². The van der Waals surface area contributed by atoms with Crippen molar-refractivity contribution < 1.29 is 9.59 Å². The number of anilines is 1. The van der Waals surface area contributed by atoms with Crippen molar-refractivity contribution in [1.29, 1.82) is 0 Å². The predicted molar refractivity (Wildman–Crippen MR) is 97.7 cm³/mol. The second kappa shape index (κ2) is 7.28. The highest BCUT2D eigenvalue weighted by Crippen LogP contribution is 2.31. The molecule has 0 fully saturated rings. The van der Waals surface area contributed by atoms with Gasteiger partial charge >= 0.3 is 0 Å². The number of carbonyl (C=O) groups excluding carboxylic acids is 2. The van der Waals surface area contributed by atoms with Gasteiger partial charge in [0.15, 0.2) is 0 Å². The lowest BCUT2D eigenvalue weighted by Gasteiger charge is -2.15. The van der Waals surface area contributed by atoms with Crippen LogP contribution in [0.4, 0.5) is 5.69 Å². The van der Waals surface area contributed by atoms with Crippen LogP contribution in [0.25, 0.3) is 0 Å². The van der Waals surface area contributed by atoms with Gasteiger partial charge in [-0.05, 0) is 42.8 Å². The van der Waals surface area contributed by atoms with Gasteiger partial charge in [-0.25, -0.2) is 0 Å². The molecule has 1 heterocycles. The Labute approximate surface area is 150 Å². The third kappa shape index (κ3) is 3.91. The fourth-order valence-corrected chi connectivity index (χ4v) is 3.64. The zero-order valence-electron chi connectivity index (χ0n) is 13.1. The number of benzene rings is 2. The molecule has 124 valence electrons. The largest absolute Gasteiger partial charge is 0.346 e. The third-order valence-corrected chi connectivity index (χ3v) is 5.11. The summed E-state index contributed by atoms with van der Waals surface area (Å²) in [7, 11) is 0. The summed E-state index contributed by atoms with van der Waals surface area (Å²) in [5, 5.41) is 6.45. The molecule has 2 aromatic carbocycles. The van der Waals surface area contributed by atoms with E-state index in [-0.39, 0.29) is 17.9 Å². The normalized spacial score (nSPS) is 15.0. The molecule has 1 atom stereocenters. The number of thioether (sulfide) groups is 1. The van der Waals surface area contributed by atoms with Crippen molar-refractivity contribution in [2.45, 2.75) is 24.3 Å². The quantitative estimate of drug-likeness (QED) is 0.859. The number of halogens is 1. The molecular weight excluding hydrogens is 344 g/mol. The van der Waals surface area contributed by atoms with E-state index in [2.05, 4.69) is 10.6 Å². The summed E-state index contributed by atoms with van der Waals surface area (Å²) in [4.78, 5) is 25.2. The molecule has 3 rings (SSSR count). The van der Waals surface area contributed by atoms with Gasteiger partial charge in [0.25, 0.3) is 5.91 Å². The van der Waals surface area contributed by atoms with Gasteiger partial charge in [0.2, 0.25) is 5.91 Å². The molecule has 1 aliphatic heterocycles. The van der Waals surface area contributed by atoms with E-state index in [1.54, 1.807) is 30.0 Å². The third-order valence-electron chi connectivity index (χ3n) is 3.80. The van der Waals surface area contributed by atoms with Crippen molar-refractivity contribution in [3.8, 4) is 0 Å². The highest BCUT2D eigenvalue weighted by molar-refractivity contribution is 7.99. The molecule has 0 bridgehead atoms. The Bertz CT molecular complexity index is 794. The second-order valence-corrected chi connectivity index (χ2v) is 7.18. The van der Waals surface area contributed by atoms with Crippen LogP contribution in [-0.2, 0) is 4.79 Å². The molecule has 0 saturated heterocycles. The Balaban J connectivity index is 1.77. The fourth-order valence-electron chi connectivity index (χ4n) is 2.50. The lowest BCUT2D eigenvalue weighted by molar-refractivity contribution is -0.115. The Morgan fingerprint density at radius 2 is 2.12 bits per heavy atom. The van der Waals surface area contributed by atoms with Crippen LogP contribution < -0.4 is 10.6 Å². The van der Waals surface area contributed by atoms with Gasteiger partial charge in [-0.3, -0.25) is 9.59 Å². The van der Waals surface area contributed by atoms with Crippen molar-refractivity contribution >= 4 is 40.9 Å². The minimum absolute atomic E-state index is 0.0221. The number of fused-ring (bicyclic) bond motifs is 1. The summed E-state index contributed by atoms with van der Waals surface area (Å²) >= 11 is 7.61. The zero-order chi connectivity index (χ0) is 17.1. The van der Waals surface area contributed by atoms with E-state index in [4.69, 9.17) is 11.6 Å². The van der Waals surface area contributed by atoms with Gasteiger partial charge in [0.1, 0.15) is 0 Å². The lowest BCUT2D eigenvalue weighted by atomic mass is 10.1. The smallest absolute Gasteiger partial charge is 0.251 e. The number of rotatable bonds is 3. The van der Waals surface area contributed by atoms with Crippen LogP contribution in [0.15, 0.2) is 47.4 Å². The van der Waals surface area contributed by atoms with Crippen LogP contribution >= 0.6 is 23.4 Å². The molecule has 24 heavy (non-hydrogen) atoms. The van der Waals surface area contributed by atoms with E-state index >= 15 is 0 Å². The molecule has 0 spiro atoms. The van der Waals surface area contributed by atoms with E-state index in [1.807, 2.05) is 31.2 Å². The molecule has 0 aromatic heterocycles. The second-order valence-electron chi connectivity index (χ2n) is 5.61. The summed E-state index contributed by atoms with van der Waals surface area (Å²) in [6.45, 7) is 1.91. The SMILES string of the molecule is C[C@H](NC(=O)c1ccc2c(c1)NC(=O)CCS2)c1cccc(Cl)c1. The predicted octanol–water partition coefficient (Wildman–Crippen LogP) is 4.27. The highest BCUT2D eigenvalue weighted by atomic mass is 35.5. The van der Waals surface area contributed by atoms with Crippen molar-refractivity contribution in [2.75, 3.05) is 11.1 Å². The minimum atomic E-state index is -0.186. The standard InChI is InChI=1S/C18H17ClN2O2S/c1-11(12-3-2-4-14(19)9-12)20-18(23)13-5-6-16-15(10-13)21-17(22)7-8-24-16/h2-6,9-11H,7-8H2,1H3,(H,20,23)(H,21,22)/t11-/m0/s1. The summed E-state index contributed by atoms with van der Waals surface area (Å²) in [5.41, 5.74) is 2.16. The number of nitrogens with one attached hydrogen (secondary N) is 2. The minimum Gasteiger partial charge on any atom is -0.346 e. The maximum atomic E-state index is 12.5. The van der Waals surface area contributed by atoms with E-state index in [0.717, 1.165) is 16.2 Å². The maximum absolute atomic E-state index is 12.5. The van der Waals surface area contributed by atoms with Crippen LogP contribution in [0, 0.1) is 0 Å². The Morgan fingerprint density at radius 1 is 1.29 bits per heavy atom. The summed E-state index contributed by atoms with van der Waals surface area (Å²) in [6.07, 6.45) is 0.479. The molecule has 6 heteroatoms. The summed E-state index contributed by atoms with van der Waals surface area (Å²) in [6, 6.07) is 12.6. The number of carbonyl (C=O) groups is 2. The molecule has 0 aliphatic carbocycles. The number of hydrogen-bond acceptors (Lipinski definition) is 3. The Kier molecular flexibility index (Phi) is 5.11. The average Bonchev–Trinajstić information content (AvgIpc) is 2.74. The van der Waals surface area contributed by atoms with Gasteiger partial charge in [-0.2, -0.15) is 0 Å². The summed E-state index contributed by atoms with van der Waals surface area (Å²) < 4.78 is 0. The molecule has 2 amide bonds. The van der Waals surface area contributed by atoms with Crippen LogP contribution in [0.5, 0.6) is 0 Å². The molecule has 2 aromatic rings. The van der Waals surface area contributed by atoms with E-state index in [9.17, 15) is 9.59 Å². The van der Waals surface area contributed by atoms with Crippen LogP contribution in [-0.4, -0.2) is 17.6 Å². The van der Waals surface area contributed by atoms with Gasteiger partial charge in [-0.1, -0.05) is 23.7 Å². The molecule has 2 N–H and O–H groups in total. The molecule has 4 nitrogen and oxygen atoms in total. The van der Waals surface area contributed by atoms with Crippen molar-refractivity contribution in [1.82, 2.24) is 5.32 Å². The Hall–Kier alpha value is -1.98. The Morgan fingerprint density at radius 3 is 2.92 bits per heavy atom. The number of amides is 2. The van der Waals surface area contributed by atoms with E-state index < -0.39 is 0 Å². The van der Waals surface area contributed by atoms with Gasteiger partial charge in [-0.15, -0.1) is 11.8 Å². The van der Waals surface area contributed by atoms with E-state index in [1.165, 1.54) is 0 Å². The molecule has 0 unspecified atom stereocenters. The molecular formula is C18H17ClN2O2S. The lowest BCUT2D eigenvalue weighted by Crippen LogP contribution is -2.26.